The highest BCUT2D eigenvalue weighted by Gasteiger charge is 2.27. The van der Waals surface area contributed by atoms with Gasteiger partial charge in [0.2, 0.25) is 5.91 Å². The van der Waals surface area contributed by atoms with E-state index in [-0.39, 0.29) is 18.4 Å². The van der Waals surface area contributed by atoms with Crippen molar-refractivity contribution in [3.63, 3.8) is 0 Å². The maximum atomic E-state index is 12.1. The molecule has 0 spiro atoms. The van der Waals surface area contributed by atoms with E-state index in [4.69, 9.17) is 0 Å². The molecule has 2 fully saturated rings. The largest absolute Gasteiger partial charge is 0.341 e. The van der Waals surface area contributed by atoms with Crippen molar-refractivity contribution in [1.29, 1.82) is 0 Å². The summed E-state index contributed by atoms with van der Waals surface area (Å²) in [6.45, 7) is 5.23. The Balaban J connectivity index is 0.00000128. The Morgan fingerprint density at radius 3 is 2.44 bits per heavy atom. The zero-order valence-corrected chi connectivity index (χ0v) is 10.9. The highest BCUT2D eigenvalue weighted by Crippen LogP contribution is 2.18. The molecule has 0 saturated carbocycles. The number of piperidine rings is 2. The van der Waals surface area contributed by atoms with Crippen LogP contribution in [0.1, 0.15) is 39.0 Å². The van der Waals surface area contributed by atoms with Crippen LogP contribution < -0.4 is 5.32 Å². The molecule has 1 unspecified atom stereocenters. The van der Waals surface area contributed by atoms with Crippen molar-refractivity contribution >= 4 is 18.3 Å². The van der Waals surface area contributed by atoms with Gasteiger partial charge in [0.1, 0.15) is 0 Å². The number of carbonyl (C=O) groups is 1. The van der Waals surface area contributed by atoms with E-state index < -0.39 is 0 Å². The Morgan fingerprint density at radius 2 is 1.88 bits per heavy atom. The molecule has 1 N–H and O–H groups in total. The van der Waals surface area contributed by atoms with Gasteiger partial charge >= 0.3 is 0 Å². The number of nitrogens with zero attached hydrogens (tertiary/aromatic N) is 1. The Hall–Kier alpha value is -0.280. The highest BCUT2D eigenvalue weighted by atomic mass is 35.5. The van der Waals surface area contributed by atoms with Gasteiger partial charge < -0.3 is 10.2 Å². The molecule has 2 aliphatic heterocycles. The molecule has 0 aromatic rings. The fraction of sp³-hybridized carbons (Fsp3) is 0.917. The predicted molar refractivity (Wildman–Crippen MR) is 67.9 cm³/mol. The van der Waals surface area contributed by atoms with Crippen LogP contribution in [0.2, 0.25) is 0 Å². The minimum Gasteiger partial charge on any atom is -0.341 e. The molecule has 0 bridgehead atoms. The zero-order chi connectivity index (χ0) is 10.7. The Morgan fingerprint density at radius 1 is 1.19 bits per heavy atom. The Labute approximate surface area is 104 Å². The van der Waals surface area contributed by atoms with E-state index in [0.717, 1.165) is 32.0 Å². The summed E-state index contributed by atoms with van der Waals surface area (Å²) in [5.74, 6) is 1.15. The summed E-state index contributed by atoms with van der Waals surface area (Å²) in [6, 6.07) is 0.118. The summed E-state index contributed by atoms with van der Waals surface area (Å²) in [7, 11) is 0. The average Bonchev–Trinajstić information content (AvgIpc) is 2.30. The molecule has 1 amide bonds. The van der Waals surface area contributed by atoms with Gasteiger partial charge in [-0.1, -0.05) is 13.3 Å². The van der Waals surface area contributed by atoms with Crippen LogP contribution in [0.3, 0.4) is 0 Å². The van der Waals surface area contributed by atoms with Gasteiger partial charge in [-0.3, -0.25) is 4.79 Å². The van der Waals surface area contributed by atoms with Gasteiger partial charge in [0.05, 0.1) is 6.04 Å². The number of hydrogen-bond donors (Lipinski definition) is 1. The van der Waals surface area contributed by atoms with Crippen LogP contribution in [-0.4, -0.2) is 36.5 Å². The third-order valence-electron chi connectivity index (χ3n) is 3.70. The van der Waals surface area contributed by atoms with E-state index in [2.05, 4.69) is 17.1 Å². The predicted octanol–water partition coefficient (Wildman–Crippen LogP) is 1.81. The van der Waals surface area contributed by atoms with Crippen molar-refractivity contribution in [2.45, 2.75) is 45.1 Å². The molecule has 2 saturated heterocycles. The Kier molecular flexibility index (Phi) is 5.56. The summed E-state index contributed by atoms with van der Waals surface area (Å²) < 4.78 is 0. The molecule has 3 nitrogen and oxygen atoms in total. The monoisotopic (exact) mass is 246 g/mol. The van der Waals surface area contributed by atoms with E-state index in [0.29, 0.717) is 5.91 Å². The average molecular weight is 247 g/mol. The van der Waals surface area contributed by atoms with Crippen molar-refractivity contribution < 1.29 is 4.79 Å². The van der Waals surface area contributed by atoms with Gasteiger partial charge in [-0.15, -0.1) is 12.4 Å². The van der Waals surface area contributed by atoms with E-state index in [1.165, 1.54) is 25.7 Å². The second-order valence-electron chi connectivity index (χ2n) is 5.01. The van der Waals surface area contributed by atoms with Crippen molar-refractivity contribution in [2.24, 2.45) is 5.92 Å². The van der Waals surface area contributed by atoms with E-state index in [1.54, 1.807) is 0 Å². The molecule has 0 aromatic heterocycles. The quantitative estimate of drug-likeness (QED) is 0.766. The maximum Gasteiger partial charge on any atom is 0.239 e. The van der Waals surface area contributed by atoms with Crippen LogP contribution in [-0.2, 0) is 4.79 Å². The first-order chi connectivity index (χ1) is 7.27. The molecule has 0 aliphatic carbocycles. The van der Waals surface area contributed by atoms with Gasteiger partial charge in [-0.2, -0.15) is 0 Å². The first-order valence-corrected chi connectivity index (χ1v) is 6.29. The number of likely N-dealkylation sites (tertiary alicyclic amines) is 1. The number of rotatable bonds is 1. The highest BCUT2D eigenvalue weighted by molar-refractivity contribution is 5.85. The smallest absolute Gasteiger partial charge is 0.239 e. The molecule has 2 heterocycles. The van der Waals surface area contributed by atoms with E-state index in [1.807, 2.05) is 0 Å². The molecule has 4 heteroatoms. The first-order valence-electron chi connectivity index (χ1n) is 6.29. The number of hydrogen-bond acceptors (Lipinski definition) is 2. The minimum absolute atomic E-state index is 0. The zero-order valence-electron chi connectivity index (χ0n) is 10.1. The lowest BCUT2D eigenvalue weighted by Crippen LogP contribution is -2.50. The SMILES string of the molecule is CC1CCN(C(=O)C2CCCCN2)CC1.Cl. The van der Waals surface area contributed by atoms with Crippen LogP contribution >= 0.6 is 12.4 Å². The van der Waals surface area contributed by atoms with Crippen LogP contribution in [0, 0.1) is 5.92 Å². The third-order valence-corrected chi connectivity index (χ3v) is 3.70. The molecule has 94 valence electrons. The number of carbonyl (C=O) groups excluding carboxylic acids is 1. The lowest BCUT2D eigenvalue weighted by molar-refractivity contribution is -0.135. The van der Waals surface area contributed by atoms with Gasteiger partial charge in [-0.05, 0) is 38.1 Å². The Bertz CT molecular complexity index is 221. The molecule has 2 aliphatic rings. The lowest BCUT2D eigenvalue weighted by Gasteiger charge is -2.34. The second kappa shape index (κ2) is 6.45. The van der Waals surface area contributed by atoms with E-state index >= 15 is 0 Å². The molecule has 2 rings (SSSR count). The van der Waals surface area contributed by atoms with Crippen LogP contribution in [0.5, 0.6) is 0 Å². The molecule has 16 heavy (non-hydrogen) atoms. The molecule has 1 atom stereocenters. The minimum atomic E-state index is 0. The molecular weight excluding hydrogens is 224 g/mol. The summed E-state index contributed by atoms with van der Waals surface area (Å²) >= 11 is 0. The number of halogens is 1. The second-order valence-corrected chi connectivity index (χ2v) is 5.01. The van der Waals surface area contributed by atoms with Crippen LogP contribution in [0.4, 0.5) is 0 Å². The lowest BCUT2D eigenvalue weighted by atomic mass is 9.97. The fourth-order valence-electron chi connectivity index (χ4n) is 2.51. The molecular formula is C12H23ClN2O. The fourth-order valence-corrected chi connectivity index (χ4v) is 2.51. The maximum absolute atomic E-state index is 12.1. The summed E-state index contributed by atoms with van der Waals surface area (Å²) in [5.41, 5.74) is 0. The van der Waals surface area contributed by atoms with Gasteiger partial charge in [0.15, 0.2) is 0 Å². The van der Waals surface area contributed by atoms with Crippen molar-refractivity contribution in [1.82, 2.24) is 10.2 Å². The standard InChI is InChI=1S/C12H22N2O.ClH/c1-10-5-8-14(9-6-10)12(15)11-4-2-3-7-13-11;/h10-11,13H,2-9H2,1H3;1H. The number of nitrogens with one attached hydrogen (secondary N) is 1. The summed E-state index contributed by atoms with van der Waals surface area (Å²) in [6.07, 6.45) is 5.82. The van der Waals surface area contributed by atoms with Crippen molar-refractivity contribution in [3.8, 4) is 0 Å². The molecule has 0 radical (unpaired) electrons. The topological polar surface area (TPSA) is 32.3 Å². The van der Waals surface area contributed by atoms with Gasteiger partial charge in [-0.25, -0.2) is 0 Å². The third kappa shape index (κ3) is 3.36. The van der Waals surface area contributed by atoms with Crippen molar-refractivity contribution in [3.05, 3.63) is 0 Å². The van der Waals surface area contributed by atoms with Gasteiger partial charge in [0, 0.05) is 13.1 Å². The molecule has 0 aromatic carbocycles. The van der Waals surface area contributed by atoms with Crippen LogP contribution in [0.25, 0.3) is 0 Å². The normalized spacial score (nSPS) is 27.3. The number of amides is 1. The van der Waals surface area contributed by atoms with Crippen LogP contribution in [0.15, 0.2) is 0 Å². The first kappa shape index (κ1) is 13.8. The van der Waals surface area contributed by atoms with Gasteiger partial charge in [0.25, 0.3) is 0 Å². The summed E-state index contributed by atoms with van der Waals surface area (Å²) in [4.78, 5) is 14.2. The van der Waals surface area contributed by atoms with Crippen molar-refractivity contribution in [2.75, 3.05) is 19.6 Å². The van der Waals surface area contributed by atoms with E-state index in [9.17, 15) is 4.79 Å². The summed E-state index contributed by atoms with van der Waals surface area (Å²) in [5, 5.41) is 3.34.